The largest absolute Gasteiger partial charge is 0.497 e. The first-order valence-corrected chi connectivity index (χ1v) is 8.97. The van der Waals surface area contributed by atoms with Crippen LogP contribution in [0.5, 0.6) is 11.5 Å². The second-order valence-corrected chi connectivity index (χ2v) is 6.64. The van der Waals surface area contributed by atoms with Gasteiger partial charge in [-0.2, -0.15) is 0 Å². The SMILES string of the molecule is COc1cc(NC(=O)CCc2c(C)c3ccc(C)cc3oc2=O)cc(OC)c1. The van der Waals surface area contributed by atoms with Gasteiger partial charge in [0.1, 0.15) is 17.1 Å². The van der Waals surface area contributed by atoms with Gasteiger partial charge in [-0.3, -0.25) is 4.79 Å². The molecule has 146 valence electrons. The van der Waals surface area contributed by atoms with Crippen LogP contribution in [0.2, 0.25) is 0 Å². The van der Waals surface area contributed by atoms with Gasteiger partial charge in [0.25, 0.3) is 0 Å². The maximum atomic E-state index is 12.4. The summed E-state index contributed by atoms with van der Waals surface area (Å²) in [6, 6.07) is 10.9. The number of hydrogen-bond donors (Lipinski definition) is 1. The molecule has 0 spiro atoms. The Kier molecular flexibility index (Phi) is 5.68. The molecule has 0 aliphatic heterocycles. The molecule has 2 aromatic carbocycles. The number of amides is 1. The van der Waals surface area contributed by atoms with Gasteiger partial charge >= 0.3 is 5.63 Å². The lowest BCUT2D eigenvalue weighted by Crippen LogP contribution is -2.16. The molecule has 28 heavy (non-hydrogen) atoms. The van der Waals surface area contributed by atoms with E-state index in [0.29, 0.717) is 34.8 Å². The number of carbonyl (C=O) groups is 1. The van der Waals surface area contributed by atoms with Gasteiger partial charge in [0, 0.05) is 41.3 Å². The van der Waals surface area contributed by atoms with Gasteiger partial charge in [0.05, 0.1) is 14.2 Å². The van der Waals surface area contributed by atoms with Crippen LogP contribution in [0.4, 0.5) is 5.69 Å². The Labute approximate surface area is 163 Å². The third-order valence-electron chi connectivity index (χ3n) is 4.68. The number of methoxy groups -OCH3 is 2. The van der Waals surface area contributed by atoms with Crippen molar-refractivity contribution in [3.63, 3.8) is 0 Å². The summed E-state index contributed by atoms with van der Waals surface area (Å²) < 4.78 is 15.9. The van der Waals surface area contributed by atoms with Gasteiger partial charge in [0.15, 0.2) is 0 Å². The molecule has 1 heterocycles. The monoisotopic (exact) mass is 381 g/mol. The van der Waals surface area contributed by atoms with Crippen LogP contribution in [-0.2, 0) is 11.2 Å². The van der Waals surface area contributed by atoms with E-state index in [1.807, 2.05) is 32.0 Å². The molecule has 0 radical (unpaired) electrons. The van der Waals surface area contributed by atoms with Gasteiger partial charge in [-0.1, -0.05) is 12.1 Å². The molecule has 0 saturated carbocycles. The Hall–Kier alpha value is -3.28. The molecular weight excluding hydrogens is 358 g/mol. The highest BCUT2D eigenvalue weighted by molar-refractivity contribution is 5.91. The van der Waals surface area contributed by atoms with E-state index in [9.17, 15) is 9.59 Å². The van der Waals surface area contributed by atoms with Crippen LogP contribution in [0.3, 0.4) is 0 Å². The Morgan fingerprint density at radius 3 is 2.36 bits per heavy atom. The molecule has 1 amide bonds. The molecule has 1 aromatic heterocycles. The van der Waals surface area contributed by atoms with Crippen molar-refractivity contribution in [1.29, 1.82) is 0 Å². The molecule has 6 heteroatoms. The van der Waals surface area contributed by atoms with Crippen LogP contribution in [0.15, 0.2) is 45.6 Å². The Bertz CT molecular complexity index is 1060. The molecule has 3 rings (SSSR count). The molecule has 0 fully saturated rings. The zero-order valence-electron chi connectivity index (χ0n) is 16.4. The molecule has 0 saturated heterocycles. The van der Waals surface area contributed by atoms with Crippen LogP contribution in [0.1, 0.15) is 23.1 Å². The fourth-order valence-corrected chi connectivity index (χ4v) is 3.13. The van der Waals surface area contributed by atoms with Gasteiger partial charge in [0.2, 0.25) is 5.91 Å². The number of ether oxygens (including phenoxy) is 2. The average Bonchev–Trinajstić information content (AvgIpc) is 2.67. The Balaban J connectivity index is 1.76. The van der Waals surface area contributed by atoms with Gasteiger partial charge in [-0.05, 0) is 37.5 Å². The van der Waals surface area contributed by atoms with Crippen LogP contribution >= 0.6 is 0 Å². The quantitative estimate of drug-likeness (QED) is 0.653. The van der Waals surface area contributed by atoms with E-state index in [0.717, 1.165) is 16.5 Å². The first-order valence-electron chi connectivity index (χ1n) is 8.97. The summed E-state index contributed by atoms with van der Waals surface area (Å²) in [5.74, 6) is 0.949. The number of fused-ring (bicyclic) bond motifs is 1. The molecule has 3 aromatic rings. The lowest BCUT2D eigenvalue weighted by atomic mass is 10.0. The minimum absolute atomic E-state index is 0.155. The van der Waals surface area contributed by atoms with Crippen molar-refractivity contribution in [3.05, 3.63) is 63.5 Å². The zero-order chi connectivity index (χ0) is 20.3. The van der Waals surface area contributed by atoms with Crippen molar-refractivity contribution in [1.82, 2.24) is 0 Å². The maximum absolute atomic E-state index is 12.4. The number of benzene rings is 2. The Morgan fingerprint density at radius 1 is 1.04 bits per heavy atom. The van der Waals surface area contributed by atoms with E-state index < -0.39 is 5.63 Å². The van der Waals surface area contributed by atoms with E-state index >= 15 is 0 Å². The predicted molar refractivity (Wildman–Crippen MR) is 108 cm³/mol. The first-order chi connectivity index (χ1) is 13.4. The van der Waals surface area contributed by atoms with E-state index in [1.165, 1.54) is 0 Å². The van der Waals surface area contributed by atoms with Crippen LogP contribution < -0.4 is 20.4 Å². The fraction of sp³-hybridized carbons (Fsp3) is 0.273. The van der Waals surface area contributed by atoms with Crippen molar-refractivity contribution in [2.24, 2.45) is 0 Å². The summed E-state index contributed by atoms with van der Waals surface area (Å²) in [4.78, 5) is 24.8. The highest BCUT2D eigenvalue weighted by Crippen LogP contribution is 2.26. The van der Waals surface area contributed by atoms with Crippen molar-refractivity contribution in [3.8, 4) is 11.5 Å². The van der Waals surface area contributed by atoms with E-state index in [2.05, 4.69) is 5.32 Å². The van der Waals surface area contributed by atoms with Crippen LogP contribution in [0, 0.1) is 13.8 Å². The van der Waals surface area contributed by atoms with Crippen molar-refractivity contribution in [2.75, 3.05) is 19.5 Å². The summed E-state index contributed by atoms with van der Waals surface area (Å²) in [6.45, 7) is 3.83. The van der Waals surface area contributed by atoms with Crippen LogP contribution in [-0.4, -0.2) is 20.1 Å². The van der Waals surface area contributed by atoms with E-state index in [-0.39, 0.29) is 12.3 Å². The molecule has 0 bridgehead atoms. The predicted octanol–water partition coefficient (Wildman–Crippen LogP) is 4.00. The fourth-order valence-electron chi connectivity index (χ4n) is 3.13. The number of nitrogens with one attached hydrogen (secondary N) is 1. The number of aryl methyl sites for hydroxylation is 2. The van der Waals surface area contributed by atoms with E-state index in [1.54, 1.807) is 32.4 Å². The lowest BCUT2D eigenvalue weighted by molar-refractivity contribution is -0.116. The third-order valence-corrected chi connectivity index (χ3v) is 4.68. The molecule has 1 N–H and O–H groups in total. The third kappa shape index (κ3) is 4.17. The normalized spacial score (nSPS) is 10.7. The molecule has 6 nitrogen and oxygen atoms in total. The van der Waals surface area contributed by atoms with Crippen LogP contribution in [0.25, 0.3) is 11.0 Å². The molecule has 0 aliphatic carbocycles. The van der Waals surface area contributed by atoms with Crippen molar-refractivity contribution in [2.45, 2.75) is 26.7 Å². The minimum Gasteiger partial charge on any atom is -0.497 e. The zero-order valence-corrected chi connectivity index (χ0v) is 16.4. The number of rotatable bonds is 6. The molecule has 0 unspecified atom stereocenters. The van der Waals surface area contributed by atoms with Crippen molar-refractivity contribution < 1.29 is 18.7 Å². The second-order valence-electron chi connectivity index (χ2n) is 6.64. The topological polar surface area (TPSA) is 77.8 Å². The first kappa shape index (κ1) is 19.5. The summed E-state index contributed by atoms with van der Waals surface area (Å²) in [5, 5.41) is 3.70. The summed E-state index contributed by atoms with van der Waals surface area (Å²) in [6.07, 6.45) is 0.452. The highest BCUT2D eigenvalue weighted by Gasteiger charge is 2.14. The lowest BCUT2D eigenvalue weighted by Gasteiger charge is -2.11. The van der Waals surface area contributed by atoms with Crippen molar-refractivity contribution >= 4 is 22.6 Å². The summed E-state index contributed by atoms with van der Waals surface area (Å²) >= 11 is 0. The van der Waals surface area contributed by atoms with Gasteiger partial charge < -0.3 is 19.2 Å². The number of hydrogen-bond acceptors (Lipinski definition) is 5. The highest BCUT2D eigenvalue weighted by atomic mass is 16.5. The minimum atomic E-state index is -0.397. The summed E-state index contributed by atoms with van der Waals surface area (Å²) in [7, 11) is 3.09. The second kappa shape index (κ2) is 8.17. The molecule has 0 aliphatic rings. The maximum Gasteiger partial charge on any atom is 0.339 e. The van der Waals surface area contributed by atoms with E-state index in [4.69, 9.17) is 13.9 Å². The number of anilines is 1. The van der Waals surface area contributed by atoms with Gasteiger partial charge in [-0.25, -0.2) is 4.79 Å². The standard InChI is InChI=1S/C22H23NO5/c1-13-5-6-18-14(2)19(22(25)28-20(18)9-13)7-8-21(24)23-15-10-16(26-3)12-17(11-15)27-4/h5-6,9-12H,7-8H2,1-4H3,(H,23,24). The summed E-state index contributed by atoms with van der Waals surface area (Å²) in [5.41, 5.74) is 3.14. The molecular formula is C22H23NO5. The molecule has 0 atom stereocenters. The Morgan fingerprint density at radius 2 is 1.71 bits per heavy atom. The average molecular weight is 381 g/mol. The van der Waals surface area contributed by atoms with Gasteiger partial charge in [-0.15, -0.1) is 0 Å². The smallest absolute Gasteiger partial charge is 0.339 e. The number of carbonyl (C=O) groups excluding carboxylic acids is 1.